The van der Waals surface area contributed by atoms with E-state index >= 15 is 0 Å². The summed E-state index contributed by atoms with van der Waals surface area (Å²) in [6, 6.07) is 8.10. The van der Waals surface area contributed by atoms with Crippen LogP contribution < -0.4 is 0 Å². The van der Waals surface area contributed by atoms with Crippen LogP contribution in [0.15, 0.2) is 36.7 Å². The Balaban J connectivity index is 1.74. The fourth-order valence-electron chi connectivity index (χ4n) is 4.65. The number of hydrogen-bond donors (Lipinski definition) is 1. The normalized spacial score (nSPS) is 12.1. The number of carbonyl (C=O) groups is 1. The number of carboxylic acid groups (broad SMARTS) is 1. The van der Waals surface area contributed by atoms with Crippen molar-refractivity contribution >= 4 is 5.97 Å². The van der Waals surface area contributed by atoms with Crippen molar-refractivity contribution < 1.29 is 9.90 Å². The number of rotatable bonds is 20. The van der Waals surface area contributed by atoms with Crippen LogP contribution in [-0.4, -0.2) is 21.0 Å². The van der Waals surface area contributed by atoms with Gasteiger partial charge in [-0.3, -0.25) is 4.79 Å². The maximum Gasteiger partial charge on any atom is 0.306 e. The lowest BCUT2D eigenvalue weighted by Crippen LogP contribution is -2.16. The number of unbranched alkanes of at least 4 members (excludes halogenated alkanes) is 12. The minimum atomic E-state index is -0.682. The predicted octanol–water partition coefficient (Wildman–Crippen LogP) is 8.82. The van der Waals surface area contributed by atoms with E-state index in [1.165, 1.54) is 82.6 Å². The molecule has 2 aromatic rings. The van der Waals surface area contributed by atoms with E-state index in [-0.39, 0.29) is 5.92 Å². The molecule has 4 heteroatoms. The molecule has 0 saturated heterocycles. The number of aromatic nitrogens is 2. The standard InChI is InChI=1S/C31H48N2O2/c1-3-5-7-9-11-12-13-15-17-27-24-32-30(33-25-27)28-21-19-26(20-22-28)23-29(31(34)35)18-16-14-10-8-6-4-2/h19-22,24-25,29H,3-18,23H2,1-2H3,(H,34,35)/t29-/m1/s1. The largest absolute Gasteiger partial charge is 0.481 e. The lowest BCUT2D eigenvalue weighted by molar-refractivity contribution is -0.142. The number of aliphatic carboxylic acids is 1. The first kappa shape index (κ1) is 29.0. The molecule has 0 aliphatic heterocycles. The summed E-state index contributed by atoms with van der Waals surface area (Å²) in [4.78, 5) is 20.9. The zero-order chi connectivity index (χ0) is 25.1. The van der Waals surface area contributed by atoms with Crippen LogP contribution >= 0.6 is 0 Å². The van der Waals surface area contributed by atoms with Gasteiger partial charge in [0.2, 0.25) is 0 Å². The van der Waals surface area contributed by atoms with E-state index in [0.717, 1.165) is 42.6 Å². The van der Waals surface area contributed by atoms with E-state index in [4.69, 9.17) is 0 Å². The first-order valence-electron chi connectivity index (χ1n) is 14.3. The zero-order valence-corrected chi connectivity index (χ0v) is 22.3. The molecule has 0 aliphatic carbocycles. The molecule has 0 fully saturated rings. The van der Waals surface area contributed by atoms with E-state index in [0.29, 0.717) is 6.42 Å². The third-order valence-corrected chi connectivity index (χ3v) is 6.97. The highest BCUT2D eigenvalue weighted by Gasteiger charge is 2.17. The minimum absolute atomic E-state index is 0.307. The molecular weight excluding hydrogens is 432 g/mol. The van der Waals surface area contributed by atoms with Gasteiger partial charge in [-0.25, -0.2) is 9.97 Å². The predicted molar refractivity (Wildman–Crippen MR) is 147 cm³/mol. The number of benzene rings is 1. The Labute approximate surface area is 214 Å². The van der Waals surface area contributed by atoms with Crippen LogP contribution in [0.1, 0.15) is 121 Å². The summed E-state index contributed by atoms with van der Waals surface area (Å²) in [5.41, 5.74) is 3.25. The van der Waals surface area contributed by atoms with Crippen LogP contribution in [0.5, 0.6) is 0 Å². The molecule has 0 radical (unpaired) electrons. The molecule has 35 heavy (non-hydrogen) atoms. The van der Waals surface area contributed by atoms with Gasteiger partial charge in [-0.15, -0.1) is 0 Å². The Morgan fingerprint density at radius 3 is 1.77 bits per heavy atom. The summed E-state index contributed by atoms with van der Waals surface area (Å²) in [6.45, 7) is 4.48. The molecule has 0 unspecified atom stereocenters. The smallest absolute Gasteiger partial charge is 0.306 e. The topological polar surface area (TPSA) is 63.1 Å². The molecule has 0 spiro atoms. The molecular formula is C31H48N2O2. The van der Waals surface area contributed by atoms with E-state index in [9.17, 15) is 9.90 Å². The van der Waals surface area contributed by atoms with Gasteiger partial charge in [0, 0.05) is 18.0 Å². The molecule has 0 saturated carbocycles. The Kier molecular flexibility index (Phi) is 15.0. The lowest BCUT2D eigenvalue weighted by atomic mass is 9.93. The fourth-order valence-corrected chi connectivity index (χ4v) is 4.65. The van der Waals surface area contributed by atoms with E-state index in [1.54, 1.807) is 0 Å². The van der Waals surface area contributed by atoms with Gasteiger partial charge in [0.05, 0.1) is 5.92 Å². The number of aryl methyl sites for hydroxylation is 1. The Bertz CT molecular complexity index is 802. The Hall–Kier alpha value is -2.23. The van der Waals surface area contributed by atoms with Crippen molar-refractivity contribution in [3.63, 3.8) is 0 Å². The zero-order valence-electron chi connectivity index (χ0n) is 22.3. The average Bonchev–Trinajstić information content (AvgIpc) is 2.87. The number of hydrogen-bond acceptors (Lipinski definition) is 3. The van der Waals surface area contributed by atoms with Crippen molar-refractivity contribution in [3.8, 4) is 11.4 Å². The number of nitrogens with zero attached hydrogens (tertiary/aromatic N) is 2. The second kappa shape index (κ2) is 18.1. The van der Waals surface area contributed by atoms with Gasteiger partial charge < -0.3 is 5.11 Å². The summed E-state index contributed by atoms with van der Waals surface area (Å²) < 4.78 is 0. The average molecular weight is 481 g/mol. The molecule has 1 heterocycles. The molecule has 1 aromatic heterocycles. The van der Waals surface area contributed by atoms with E-state index in [1.807, 2.05) is 36.7 Å². The van der Waals surface area contributed by atoms with Gasteiger partial charge in [-0.1, -0.05) is 122 Å². The van der Waals surface area contributed by atoms with Crippen LogP contribution in [-0.2, 0) is 17.6 Å². The van der Waals surface area contributed by atoms with Crippen LogP contribution in [0.25, 0.3) is 11.4 Å². The van der Waals surface area contributed by atoms with Crippen LogP contribution in [0.3, 0.4) is 0 Å². The molecule has 0 bridgehead atoms. The number of carboxylic acids is 1. The first-order chi connectivity index (χ1) is 17.1. The summed E-state index contributed by atoms with van der Waals surface area (Å²) >= 11 is 0. The molecule has 194 valence electrons. The second-order valence-electron chi connectivity index (χ2n) is 10.1. The van der Waals surface area contributed by atoms with Crippen molar-refractivity contribution in [2.24, 2.45) is 5.92 Å². The molecule has 4 nitrogen and oxygen atoms in total. The van der Waals surface area contributed by atoms with Gasteiger partial charge in [-0.05, 0) is 36.8 Å². The monoisotopic (exact) mass is 480 g/mol. The van der Waals surface area contributed by atoms with Gasteiger partial charge in [0.15, 0.2) is 5.82 Å². The van der Waals surface area contributed by atoms with E-state index in [2.05, 4.69) is 23.8 Å². The lowest BCUT2D eigenvalue weighted by Gasteiger charge is -2.13. The van der Waals surface area contributed by atoms with Crippen LogP contribution in [0.4, 0.5) is 0 Å². The highest BCUT2D eigenvalue weighted by Crippen LogP contribution is 2.21. The van der Waals surface area contributed by atoms with Gasteiger partial charge in [-0.2, -0.15) is 0 Å². The highest BCUT2D eigenvalue weighted by molar-refractivity contribution is 5.70. The fraction of sp³-hybridized carbons (Fsp3) is 0.645. The van der Waals surface area contributed by atoms with Crippen molar-refractivity contribution in [1.29, 1.82) is 0 Å². The molecule has 1 atom stereocenters. The summed E-state index contributed by atoms with van der Waals surface area (Å²) in [5.74, 6) is -0.255. The van der Waals surface area contributed by atoms with Crippen molar-refractivity contribution in [1.82, 2.24) is 9.97 Å². The molecule has 0 amide bonds. The molecule has 1 N–H and O–H groups in total. The minimum Gasteiger partial charge on any atom is -0.481 e. The molecule has 0 aliphatic rings. The van der Waals surface area contributed by atoms with Crippen molar-refractivity contribution in [2.45, 2.75) is 123 Å². The third kappa shape index (κ3) is 12.3. The van der Waals surface area contributed by atoms with Crippen molar-refractivity contribution in [3.05, 3.63) is 47.8 Å². The maximum absolute atomic E-state index is 11.7. The van der Waals surface area contributed by atoms with Crippen molar-refractivity contribution in [2.75, 3.05) is 0 Å². The molecule has 2 rings (SSSR count). The molecule has 1 aromatic carbocycles. The van der Waals surface area contributed by atoms with Gasteiger partial charge in [0.25, 0.3) is 0 Å². The van der Waals surface area contributed by atoms with Crippen LogP contribution in [0.2, 0.25) is 0 Å². The quantitative estimate of drug-likeness (QED) is 0.192. The highest BCUT2D eigenvalue weighted by atomic mass is 16.4. The second-order valence-corrected chi connectivity index (χ2v) is 10.1. The summed E-state index contributed by atoms with van der Waals surface area (Å²) in [6.07, 6.45) is 24.0. The Morgan fingerprint density at radius 1 is 0.714 bits per heavy atom. The summed E-state index contributed by atoms with van der Waals surface area (Å²) in [7, 11) is 0. The Morgan fingerprint density at radius 2 is 1.23 bits per heavy atom. The van der Waals surface area contributed by atoms with Crippen LogP contribution in [0, 0.1) is 5.92 Å². The third-order valence-electron chi connectivity index (χ3n) is 6.97. The van der Waals surface area contributed by atoms with Gasteiger partial charge >= 0.3 is 5.97 Å². The first-order valence-corrected chi connectivity index (χ1v) is 14.3. The SMILES string of the molecule is CCCCCCCCCCc1cnc(-c2ccc(C[C@@H](CCCCCCCC)C(=O)O)cc2)nc1. The summed E-state index contributed by atoms with van der Waals surface area (Å²) in [5, 5.41) is 9.65. The van der Waals surface area contributed by atoms with Gasteiger partial charge in [0.1, 0.15) is 0 Å². The van der Waals surface area contributed by atoms with E-state index < -0.39 is 5.97 Å². The maximum atomic E-state index is 11.7.